The van der Waals surface area contributed by atoms with Crippen LogP contribution < -0.4 is 5.73 Å². The molecule has 1 fully saturated rings. The molecule has 2 N–H and O–H groups in total. The SMILES string of the molecule is NCCCc1cnc(CC2CCCS2)s1. The number of aromatic nitrogens is 1. The molecule has 1 aromatic rings. The number of thiazole rings is 1. The number of hydrogen-bond donors (Lipinski definition) is 1. The van der Waals surface area contributed by atoms with E-state index in [-0.39, 0.29) is 0 Å². The maximum atomic E-state index is 5.50. The zero-order valence-electron chi connectivity index (χ0n) is 8.95. The minimum Gasteiger partial charge on any atom is -0.330 e. The quantitative estimate of drug-likeness (QED) is 0.862. The van der Waals surface area contributed by atoms with Gasteiger partial charge < -0.3 is 5.73 Å². The third kappa shape index (κ3) is 3.47. The Hall–Kier alpha value is -0.0600. The van der Waals surface area contributed by atoms with Crippen molar-refractivity contribution in [3.8, 4) is 0 Å². The van der Waals surface area contributed by atoms with Crippen LogP contribution >= 0.6 is 23.1 Å². The molecule has 0 bridgehead atoms. The third-order valence-corrected chi connectivity index (χ3v) is 5.13. The summed E-state index contributed by atoms with van der Waals surface area (Å²) >= 11 is 3.99. The second-order valence-electron chi connectivity index (χ2n) is 3.95. The fourth-order valence-corrected chi connectivity index (χ4v) is 4.26. The topological polar surface area (TPSA) is 38.9 Å². The highest BCUT2D eigenvalue weighted by molar-refractivity contribution is 8.00. The van der Waals surface area contributed by atoms with Crippen LogP contribution in [0.2, 0.25) is 0 Å². The number of nitrogens with zero attached hydrogens (tertiary/aromatic N) is 1. The van der Waals surface area contributed by atoms with E-state index in [1.54, 1.807) is 0 Å². The first kappa shape index (κ1) is 11.4. The molecule has 1 saturated heterocycles. The molecule has 0 aromatic carbocycles. The molecule has 2 rings (SSSR count). The number of thioether (sulfide) groups is 1. The Labute approximate surface area is 99.7 Å². The van der Waals surface area contributed by atoms with Crippen molar-refractivity contribution in [2.75, 3.05) is 12.3 Å². The van der Waals surface area contributed by atoms with Crippen molar-refractivity contribution < 1.29 is 0 Å². The van der Waals surface area contributed by atoms with E-state index in [0.29, 0.717) is 0 Å². The van der Waals surface area contributed by atoms with Crippen LogP contribution in [0.3, 0.4) is 0 Å². The van der Waals surface area contributed by atoms with Crippen LogP contribution in [0.4, 0.5) is 0 Å². The zero-order chi connectivity index (χ0) is 10.5. The Morgan fingerprint density at radius 3 is 3.20 bits per heavy atom. The van der Waals surface area contributed by atoms with Crippen LogP contribution in [0.1, 0.15) is 29.1 Å². The first-order valence-corrected chi connectivity index (χ1v) is 7.50. The first-order chi connectivity index (χ1) is 7.38. The molecule has 1 atom stereocenters. The fourth-order valence-electron chi connectivity index (χ4n) is 1.83. The highest BCUT2D eigenvalue weighted by Gasteiger charge is 2.17. The van der Waals surface area contributed by atoms with E-state index in [9.17, 15) is 0 Å². The summed E-state index contributed by atoms with van der Waals surface area (Å²) in [5, 5.41) is 2.15. The van der Waals surface area contributed by atoms with Gasteiger partial charge >= 0.3 is 0 Å². The molecule has 0 amide bonds. The van der Waals surface area contributed by atoms with E-state index in [2.05, 4.69) is 16.7 Å². The summed E-state index contributed by atoms with van der Waals surface area (Å²) in [6.45, 7) is 0.783. The van der Waals surface area contributed by atoms with Crippen LogP contribution in [0, 0.1) is 0 Å². The summed E-state index contributed by atoms with van der Waals surface area (Å²) in [7, 11) is 0. The molecule has 0 saturated carbocycles. The van der Waals surface area contributed by atoms with Gasteiger partial charge in [0, 0.05) is 22.7 Å². The number of nitrogens with two attached hydrogens (primary N) is 1. The minimum absolute atomic E-state index is 0.783. The van der Waals surface area contributed by atoms with Crippen molar-refractivity contribution >= 4 is 23.1 Å². The van der Waals surface area contributed by atoms with Crippen LogP contribution in [-0.4, -0.2) is 22.5 Å². The smallest absolute Gasteiger partial charge is 0.0938 e. The largest absolute Gasteiger partial charge is 0.330 e. The van der Waals surface area contributed by atoms with E-state index < -0.39 is 0 Å². The molecular formula is C11H18N2S2. The molecule has 0 spiro atoms. The zero-order valence-corrected chi connectivity index (χ0v) is 10.6. The fraction of sp³-hybridized carbons (Fsp3) is 0.727. The van der Waals surface area contributed by atoms with Crippen molar-refractivity contribution in [1.29, 1.82) is 0 Å². The molecule has 2 heterocycles. The Balaban J connectivity index is 1.83. The molecule has 1 unspecified atom stereocenters. The Kier molecular flexibility index (Phi) is 4.47. The highest BCUT2D eigenvalue weighted by atomic mass is 32.2. The summed E-state index contributed by atoms with van der Waals surface area (Å²) in [6, 6.07) is 0. The predicted octanol–water partition coefficient (Wildman–Crippen LogP) is 2.47. The molecule has 15 heavy (non-hydrogen) atoms. The number of hydrogen-bond acceptors (Lipinski definition) is 4. The lowest BCUT2D eigenvalue weighted by Crippen LogP contribution is -2.00. The summed E-state index contributed by atoms with van der Waals surface area (Å²) < 4.78 is 0. The van der Waals surface area contributed by atoms with Gasteiger partial charge in [-0.1, -0.05) is 0 Å². The average Bonchev–Trinajstić information content (AvgIpc) is 2.87. The van der Waals surface area contributed by atoms with Gasteiger partial charge in [-0.2, -0.15) is 11.8 Å². The molecule has 2 nitrogen and oxygen atoms in total. The van der Waals surface area contributed by atoms with Crippen molar-refractivity contribution in [1.82, 2.24) is 4.98 Å². The molecule has 1 aliphatic heterocycles. The summed E-state index contributed by atoms with van der Waals surface area (Å²) in [4.78, 5) is 5.90. The second-order valence-corrected chi connectivity index (χ2v) is 6.56. The molecule has 0 radical (unpaired) electrons. The molecular weight excluding hydrogens is 224 g/mol. The molecule has 1 aromatic heterocycles. The Morgan fingerprint density at radius 2 is 2.47 bits per heavy atom. The summed E-state index contributed by atoms with van der Waals surface area (Å²) in [5.41, 5.74) is 5.50. The van der Waals surface area contributed by atoms with E-state index in [4.69, 9.17) is 5.73 Å². The van der Waals surface area contributed by atoms with Crippen molar-refractivity contribution in [2.24, 2.45) is 5.73 Å². The lowest BCUT2D eigenvalue weighted by atomic mass is 10.2. The number of aryl methyl sites for hydroxylation is 1. The second kappa shape index (κ2) is 5.87. The van der Waals surface area contributed by atoms with E-state index >= 15 is 0 Å². The van der Waals surface area contributed by atoms with Gasteiger partial charge in [-0.3, -0.25) is 0 Å². The van der Waals surface area contributed by atoms with E-state index in [1.165, 1.54) is 34.9 Å². The normalized spacial score (nSPS) is 21.0. The van der Waals surface area contributed by atoms with Crippen LogP contribution in [0.15, 0.2) is 6.20 Å². The maximum absolute atomic E-state index is 5.50. The number of rotatable bonds is 5. The van der Waals surface area contributed by atoms with Crippen LogP contribution in [0.5, 0.6) is 0 Å². The van der Waals surface area contributed by atoms with Crippen LogP contribution in [0.25, 0.3) is 0 Å². The van der Waals surface area contributed by atoms with Gasteiger partial charge in [0.05, 0.1) is 5.01 Å². The average molecular weight is 242 g/mol. The van der Waals surface area contributed by atoms with Crippen molar-refractivity contribution in [3.63, 3.8) is 0 Å². The van der Waals surface area contributed by atoms with Crippen LogP contribution in [-0.2, 0) is 12.8 Å². The first-order valence-electron chi connectivity index (χ1n) is 5.63. The van der Waals surface area contributed by atoms with Crippen molar-refractivity contribution in [2.45, 2.75) is 37.4 Å². The molecule has 84 valence electrons. The van der Waals surface area contributed by atoms with Gasteiger partial charge in [-0.05, 0) is 38.0 Å². The van der Waals surface area contributed by atoms with Gasteiger partial charge in [0.25, 0.3) is 0 Å². The van der Waals surface area contributed by atoms with Gasteiger partial charge in [-0.15, -0.1) is 11.3 Å². The predicted molar refractivity (Wildman–Crippen MR) is 68.7 cm³/mol. The van der Waals surface area contributed by atoms with E-state index in [1.807, 2.05) is 17.5 Å². The van der Waals surface area contributed by atoms with Gasteiger partial charge in [0.2, 0.25) is 0 Å². The van der Waals surface area contributed by atoms with E-state index in [0.717, 1.165) is 24.6 Å². The molecule has 0 aliphatic carbocycles. The standard InChI is InChI=1S/C11H18N2S2/c12-5-1-3-10-8-13-11(15-10)7-9-4-2-6-14-9/h8-9H,1-7,12H2. The minimum atomic E-state index is 0.783. The third-order valence-electron chi connectivity index (χ3n) is 2.66. The monoisotopic (exact) mass is 242 g/mol. The summed E-state index contributed by atoms with van der Waals surface area (Å²) in [5.74, 6) is 1.34. The Morgan fingerprint density at radius 1 is 1.53 bits per heavy atom. The maximum Gasteiger partial charge on any atom is 0.0938 e. The van der Waals surface area contributed by atoms with Crippen molar-refractivity contribution in [3.05, 3.63) is 16.1 Å². The Bertz CT molecular complexity index is 293. The molecule has 1 aliphatic rings. The van der Waals surface area contributed by atoms with Gasteiger partial charge in [0.15, 0.2) is 0 Å². The van der Waals surface area contributed by atoms with Gasteiger partial charge in [0.1, 0.15) is 0 Å². The lowest BCUT2D eigenvalue weighted by molar-refractivity contribution is 0.773. The molecule has 4 heteroatoms. The lowest BCUT2D eigenvalue weighted by Gasteiger charge is -2.03. The summed E-state index contributed by atoms with van der Waals surface area (Å²) in [6.07, 6.45) is 8.17. The van der Waals surface area contributed by atoms with Gasteiger partial charge in [-0.25, -0.2) is 4.98 Å². The highest BCUT2D eigenvalue weighted by Crippen LogP contribution is 2.30.